The number of aromatic hydroxyl groups is 1. The van der Waals surface area contributed by atoms with Crippen LogP contribution in [0.3, 0.4) is 0 Å². The van der Waals surface area contributed by atoms with E-state index in [1.807, 2.05) is 37.4 Å². The maximum atomic E-state index is 11.2. The van der Waals surface area contributed by atoms with Crippen LogP contribution < -0.4 is 5.73 Å². The van der Waals surface area contributed by atoms with Crippen molar-refractivity contribution in [1.29, 1.82) is 0 Å². The molecule has 0 saturated carbocycles. The summed E-state index contributed by atoms with van der Waals surface area (Å²) in [4.78, 5) is 11.2. The summed E-state index contributed by atoms with van der Waals surface area (Å²) in [5.74, 6) is -0.860. The Balaban J connectivity index is 1.76. The highest BCUT2D eigenvalue weighted by Crippen LogP contribution is 2.36. The third-order valence-electron chi connectivity index (χ3n) is 5.17. The minimum absolute atomic E-state index is 0.0154. The monoisotopic (exact) mass is 394 g/mol. The number of halogens is 1. The highest BCUT2D eigenvalue weighted by Gasteiger charge is 2.23. The van der Waals surface area contributed by atoms with Crippen LogP contribution in [0.4, 0.5) is 5.69 Å². The van der Waals surface area contributed by atoms with Crippen molar-refractivity contribution in [3.05, 3.63) is 71.4 Å². The number of fused-ring (bicyclic) bond motifs is 1. The Morgan fingerprint density at radius 1 is 1.18 bits per heavy atom. The molecule has 0 spiro atoms. The van der Waals surface area contributed by atoms with E-state index in [0.29, 0.717) is 16.3 Å². The fraction of sp³-hybridized carbons (Fsp3) is 0.136. The van der Waals surface area contributed by atoms with Gasteiger partial charge in [0.25, 0.3) is 0 Å². The van der Waals surface area contributed by atoms with E-state index in [9.17, 15) is 15.0 Å². The highest BCUT2D eigenvalue weighted by molar-refractivity contribution is 6.32. The van der Waals surface area contributed by atoms with Gasteiger partial charge >= 0.3 is 5.97 Å². The van der Waals surface area contributed by atoms with Crippen LogP contribution in [-0.4, -0.2) is 20.7 Å². The number of anilines is 1. The van der Waals surface area contributed by atoms with Crippen molar-refractivity contribution in [2.24, 2.45) is 5.92 Å². The van der Waals surface area contributed by atoms with E-state index < -0.39 is 5.97 Å². The average Bonchev–Trinajstić information content (AvgIpc) is 3.00. The second kappa shape index (κ2) is 6.77. The minimum atomic E-state index is -0.921. The number of carbonyl (C=O) groups is 1. The minimum Gasteiger partial charge on any atom is -0.506 e. The Labute approximate surface area is 167 Å². The Morgan fingerprint density at radius 3 is 2.57 bits per heavy atom. The molecule has 4 rings (SSSR count). The molecule has 2 atom stereocenters. The Morgan fingerprint density at radius 2 is 1.89 bits per heavy atom. The fourth-order valence-corrected chi connectivity index (χ4v) is 3.88. The molecule has 2 aromatic carbocycles. The van der Waals surface area contributed by atoms with Crippen molar-refractivity contribution < 1.29 is 15.0 Å². The zero-order chi connectivity index (χ0) is 20.0. The van der Waals surface area contributed by atoms with Crippen molar-refractivity contribution in [2.45, 2.75) is 13.0 Å². The van der Waals surface area contributed by atoms with E-state index in [4.69, 9.17) is 17.3 Å². The number of benzene rings is 2. The SMILES string of the molecule is CC1C=C(C(=O)O)C=CC1n1cc(N)c2cc(-c3ccc(O)c(Cl)c3)ccc21. The summed E-state index contributed by atoms with van der Waals surface area (Å²) < 4.78 is 2.08. The Hall–Kier alpha value is -3.18. The molecule has 0 radical (unpaired) electrons. The molecule has 0 aliphatic heterocycles. The van der Waals surface area contributed by atoms with E-state index in [0.717, 1.165) is 22.0 Å². The summed E-state index contributed by atoms with van der Waals surface area (Å²) in [5.41, 5.74) is 10.0. The van der Waals surface area contributed by atoms with E-state index in [1.165, 1.54) is 0 Å². The van der Waals surface area contributed by atoms with Crippen molar-refractivity contribution in [2.75, 3.05) is 5.73 Å². The first kappa shape index (κ1) is 18.2. The standard InChI is InChI=1S/C22H19ClN2O3/c1-12-8-15(22(27)28)3-5-19(12)25-11-18(24)16-9-13(2-6-20(16)25)14-4-7-21(26)17(23)10-14/h2-12,19,26H,24H2,1H3,(H,27,28). The molecular weight excluding hydrogens is 376 g/mol. The lowest BCUT2D eigenvalue weighted by atomic mass is 9.92. The van der Waals surface area contributed by atoms with Gasteiger partial charge in [-0.2, -0.15) is 0 Å². The van der Waals surface area contributed by atoms with Crippen LogP contribution in [-0.2, 0) is 4.79 Å². The first-order chi connectivity index (χ1) is 13.3. The smallest absolute Gasteiger partial charge is 0.335 e. The number of hydrogen-bond acceptors (Lipinski definition) is 3. The molecule has 2 unspecified atom stereocenters. The largest absolute Gasteiger partial charge is 0.506 e. The van der Waals surface area contributed by atoms with E-state index in [-0.39, 0.29) is 17.7 Å². The maximum Gasteiger partial charge on any atom is 0.335 e. The number of rotatable bonds is 3. The van der Waals surface area contributed by atoms with E-state index in [1.54, 1.807) is 30.4 Å². The lowest BCUT2D eigenvalue weighted by molar-refractivity contribution is -0.132. The summed E-state index contributed by atoms with van der Waals surface area (Å²) in [6.07, 6.45) is 7.20. The third kappa shape index (κ3) is 3.04. The fourth-order valence-electron chi connectivity index (χ4n) is 3.70. The molecule has 0 amide bonds. The number of phenolic OH excluding ortho intramolecular Hbond substituents is 1. The molecule has 1 aliphatic carbocycles. The molecule has 0 bridgehead atoms. The number of hydrogen-bond donors (Lipinski definition) is 3. The van der Waals surface area contributed by atoms with Gasteiger partial charge in [-0.3, -0.25) is 0 Å². The van der Waals surface area contributed by atoms with Crippen LogP contribution in [0.2, 0.25) is 5.02 Å². The number of nitrogen functional groups attached to an aromatic ring is 1. The summed E-state index contributed by atoms with van der Waals surface area (Å²) in [6, 6.07) is 11.1. The van der Waals surface area contributed by atoms with Gasteiger partial charge in [-0.25, -0.2) is 4.79 Å². The van der Waals surface area contributed by atoms with Crippen LogP contribution in [0.15, 0.2) is 66.4 Å². The van der Waals surface area contributed by atoms with Crippen molar-refractivity contribution in [3.8, 4) is 16.9 Å². The maximum absolute atomic E-state index is 11.2. The molecular formula is C22H19ClN2O3. The van der Waals surface area contributed by atoms with Crippen molar-refractivity contribution in [1.82, 2.24) is 4.57 Å². The second-order valence-corrected chi connectivity index (χ2v) is 7.43. The number of aliphatic carboxylic acids is 1. The number of aromatic nitrogens is 1. The molecule has 0 fully saturated rings. The number of nitrogens with zero attached hydrogens (tertiary/aromatic N) is 1. The zero-order valence-corrected chi connectivity index (χ0v) is 15.9. The molecule has 1 heterocycles. The van der Waals surface area contributed by atoms with Crippen LogP contribution in [0.1, 0.15) is 13.0 Å². The van der Waals surface area contributed by atoms with Crippen LogP contribution in [0, 0.1) is 5.92 Å². The predicted molar refractivity (Wildman–Crippen MR) is 112 cm³/mol. The highest BCUT2D eigenvalue weighted by atomic mass is 35.5. The van der Waals surface area contributed by atoms with Gasteiger partial charge in [-0.15, -0.1) is 0 Å². The molecule has 3 aromatic rings. The van der Waals surface area contributed by atoms with Gasteiger partial charge in [-0.05, 0) is 47.4 Å². The summed E-state index contributed by atoms with van der Waals surface area (Å²) >= 11 is 6.04. The van der Waals surface area contributed by atoms with Crippen molar-refractivity contribution in [3.63, 3.8) is 0 Å². The Kier molecular flexibility index (Phi) is 4.40. The van der Waals surface area contributed by atoms with E-state index >= 15 is 0 Å². The topological polar surface area (TPSA) is 88.5 Å². The molecule has 1 aliphatic rings. The number of carboxylic acids is 1. The molecule has 4 N–H and O–H groups in total. The van der Waals surface area contributed by atoms with Crippen LogP contribution in [0.5, 0.6) is 5.75 Å². The number of nitrogens with two attached hydrogens (primary N) is 1. The summed E-state index contributed by atoms with van der Waals surface area (Å²) in [5, 5.41) is 20.0. The Bertz CT molecular complexity index is 1160. The number of allylic oxidation sites excluding steroid dienone is 2. The molecule has 6 heteroatoms. The molecule has 142 valence electrons. The van der Waals surface area contributed by atoms with Gasteiger partial charge in [0.05, 0.1) is 27.8 Å². The van der Waals surface area contributed by atoms with Crippen molar-refractivity contribution >= 4 is 34.2 Å². The van der Waals surface area contributed by atoms with E-state index in [2.05, 4.69) is 4.57 Å². The van der Waals surface area contributed by atoms with Gasteiger partial charge in [-0.1, -0.05) is 42.8 Å². The molecule has 5 nitrogen and oxygen atoms in total. The van der Waals surface area contributed by atoms with Gasteiger partial charge in [0, 0.05) is 11.6 Å². The quantitative estimate of drug-likeness (QED) is 0.582. The van der Waals surface area contributed by atoms with Crippen LogP contribution in [0.25, 0.3) is 22.0 Å². The van der Waals surface area contributed by atoms with Crippen LogP contribution >= 0.6 is 11.6 Å². The zero-order valence-electron chi connectivity index (χ0n) is 15.1. The average molecular weight is 395 g/mol. The molecule has 28 heavy (non-hydrogen) atoms. The lowest BCUT2D eigenvalue weighted by Crippen LogP contribution is -2.17. The number of phenols is 1. The normalized spacial score (nSPS) is 19.0. The lowest BCUT2D eigenvalue weighted by Gasteiger charge is -2.24. The molecule has 0 saturated heterocycles. The van der Waals surface area contributed by atoms with Gasteiger partial charge in [0.15, 0.2) is 0 Å². The summed E-state index contributed by atoms with van der Waals surface area (Å²) in [7, 11) is 0. The predicted octanol–water partition coefficient (Wildman–Crippen LogP) is 5.01. The first-order valence-corrected chi connectivity index (χ1v) is 9.25. The summed E-state index contributed by atoms with van der Waals surface area (Å²) in [6.45, 7) is 1.99. The molecule has 1 aromatic heterocycles. The van der Waals surface area contributed by atoms with Gasteiger partial charge < -0.3 is 20.5 Å². The van der Waals surface area contributed by atoms with Gasteiger partial charge in [0.2, 0.25) is 0 Å². The third-order valence-corrected chi connectivity index (χ3v) is 5.47. The number of carboxylic acid groups (broad SMARTS) is 1. The van der Waals surface area contributed by atoms with Gasteiger partial charge in [0.1, 0.15) is 5.75 Å². The first-order valence-electron chi connectivity index (χ1n) is 8.87. The second-order valence-electron chi connectivity index (χ2n) is 7.03.